The Morgan fingerprint density at radius 2 is 1.84 bits per heavy atom. The summed E-state index contributed by atoms with van der Waals surface area (Å²) in [5, 5.41) is 7.31. The van der Waals surface area contributed by atoms with Gasteiger partial charge in [-0.25, -0.2) is 9.78 Å². The van der Waals surface area contributed by atoms with E-state index in [2.05, 4.69) is 15.6 Å². The number of carbonyl (C=O) groups is 3. The molecule has 31 heavy (non-hydrogen) atoms. The number of anilines is 2. The number of aromatic nitrogens is 1. The molecule has 0 saturated carbocycles. The summed E-state index contributed by atoms with van der Waals surface area (Å²) in [7, 11) is 1.50. The van der Waals surface area contributed by atoms with Crippen LogP contribution in [-0.2, 0) is 4.79 Å². The van der Waals surface area contributed by atoms with Crippen molar-refractivity contribution in [1.82, 2.24) is 4.98 Å². The van der Waals surface area contributed by atoms with Crippen molar-refractivity contribution in [2.45, 2.75) is 19.8 Å². The molecule has 0 saturated heterocycles. The van der Waals surface area contributed by atoms with Crippen molar-refractivity contribution in [1.29, 1.82) is 0 Å². The van der Waals surface area contributed by atoms with Gasteiger partial charge in [0, 0.05) is 10.9 Å². The van der Waals surface area contributed by atoms with E-state index in [4.69, 9.17) is 10.5 Å². The van der Waals surface area contributed by atoms with Crippen molar-refractivity contribution in [3.05, 3.63) is 70.2 Å². The molecule has 160 valence electrons. The molecule has 2 aromatic carbocycles. The molecular weight excluding hydrogens is 416 g/mol. The van der Waals surface area contributed by atoms with Crippen LogP contribution in [-0.4, -0.2) is 29.8 Å². The van der Waals surface area contributed by atoms with Gasteiger partial charge in [0.2, 0.25) is 5.91 Å². The van der Waals surface area contributed by atoms with E-state index in [1.807, 2.05) is 6.92 Å². The minimum atomic E-state index is -0.563. The smallest absolute Gasteiger partial charge is 0.325 e. The second kappa shape index (κ2) is 9.40. The minimum Gasteiger partial charge on any atom is -0.496 e. The normalized spacial score (nSPS) is 11.5. The molecule has 1 unspecified atom stereocenters. The largest absolute Gasteiger partial charge is 0.496 e. The van der Waals surface area contributed by atoms with Gasteiger partial charge < -0.3 is 15.8 Å². The molecule has 1 heterocycles. The average Bonchev–Trinajstić information content (AvgIpc) is 3.20. The van der Waals surface area contributed by atoms with Gasteiger partial charge in [0.15, 0.2) is 10.9 Å². The van der Waals surface area contributed by atoms with Crippen LogP contribution in [0.15, 0.2) is 47.8 Å². The third-order valence-electron chi connectivity index (χ3n) is 4.63. The van der Waals surface area contributed by atoms with Gasteiger partial charge in [-0.1, -0.05) is 18.2 Å². The summed E-state index contributed by atoms with van der Waals surface area (Å²) in [6, 6.07) is 11.5. The standard InChI is InChI=1S/C22H22N4O4S/c1-12-8-9-14(19(27)15-6-4-5-7-18(15)30-3)16(10-12)24-21(29)26-22-25-17(11-31-22)13(2)20(23)28/h4-11,13H,1-3H3,(H2,23,28)(H2,24,25,26,29). The van der Waals surface area contributed by atoms with Crippen molar-refractivity contribution in [2.24, 2.45) is 5.73 Å². The van der Waals surface area contributed by atoms with Crippen LogP contribution >= 0.6 is 11.3 Å². The molecule has 0 radical (unpaired) electrons. The van der Waals surface area contributed by atoms with Gasteiger partial charge in [0.25, 0.3) is 0 Å². The summed E-state index contributed by atoms with van der Waals surface area (Å²) >= 11 is 1.18. The van der Waals surface area contributed by atoms with Crippen LogP contribution in [0.2, 0.25) is 0 Å². The van der Waals surface area contributed by atoms with Crippen molar-refractivity contribution in [2.75, 3.05) is 17.7 Å². The maximum atomic E-state index is 13.1. The number of nitrogens with zero attached hydrogens (tertiary/aromatic N) is 1. The molecule has 8 nitrogen and oxygen atoms in total. The van der Waals surface area contributed by atoms with Crippen molar-refractivity contribution >= 4 is 39.9 Å². The third kappa shape index (κ3) is 5.07. The highest BCUT2D eigenvalue weighted by atomic mass is 32.1. The second-order valence-corrected chi connectivity index (χ2v) is 7.72. The summed E-state index contributed by atoms with van der Waals surface area (Å²) < 4.78 is 5.29. The number of nitrogens with one attached hydrogen (secondary N) is 2. The molecule has 0 spiro atoms. The molecule has 1 atom stereocenters. The SMILES string of the molecule is COc1ccccc1C(=O)c1ccc(C)cc1NC(=O)Nc1nc(C(C)C(N)=O)cs1. The van der Waals surface area contributed by atoms with Crippen LogP contribution in [0.5, 0.6) is 5.75 Å². The van der Waals surface area contributed by atoms with E-state index < -0.39 is 17.9 Å². The van der Waals surface area contributed by atoms with E-state index in [-0.39, 0.29) is 5.78 Å². The number of ketones is 1. The Labute approximate surface area is 183 Å². The van der Waals surface area contributed by atoms with E-state index in [9.17, 15) is 14.4 Å². The van der Waals surface area contributed by atoms with Crippen LogP contribution in [0.4, 0.5) is 15.6 Å². The molecule has 0 fully saturated rings. The Bertz CT molecular complexity index is 1140. The van der Waals surface area contributed by atoms with E-state index in [1.54, 1.807) is 54.8 Å². The highest BCUT2D eigenvalue weighted by Gasteiger charge is 2.20. The van der Waals surface area contributed by atoms with Crippen molar-refractivity contribution in [3.8, 4) is 5.75 Å². The number of nitrogens with two attached hydrogens (primary N) is 1. The Hall–Kier alpha value is -3.72. The molecule has 0 aliphatic rings. The lowest BCUT2D eigenvalue weighted by Gasteiger charge is -2.13. The van der Waals surface area contributed by atoms with Crippen molar-refractivity contribution in [3.63, 3.8) is 0 Å². The van der Waals surface area contributed by atoms with Crippen LogP contribution in [0.1, 0.15) is 40.0 Å². The highest BCUT2D eigenvalue weighted by Crippen LogP contribution is 2.27. The molecular formula is C22H22N4O4S. The first-order chi connectivity index (χ1) is 14.8. The van der Waals surface area contributed by atoms with Gasteiger partial charge >= 0.3 is 6.03 Å². The zero-order valence-electron chi connectivity index (χ0n) is 17.3. The van der Waals surface area contributed by atoms with E-state index >= 15 is 0 Å². The molecule has 0 aliphatic carbocycles. The first kappa shape index (κ1) is 22.0. The lowest BCUT2D eigenvalue weighted by molar-refractivity contribution is -0.119. The number of rotatable bonds is 7. The topological polar surface area (TPSA) is 123 Å². The number of aryl methyl sites for hydroxylation is 1. The number of urea groups is 1. The minimum absolute atomic E-state index is 0.278. The third-order valence-corrected chi connectivity index (χ3v) is 5.41. The summed E-state index contributed by atoms with van der Waals surface area (Å²) in [4.78, 5) is 41.2. The predicted octanol–water partition coefficient (Wildman–Crippen LogP) is 3.92. The Morgan fingerprint density at radius 1 is 1.10 bits per heavy atom. The van der Waals surface area contributed by atoms with Crippen LogP contribution < -0.4 is 21.1 Å². The molecule has 3 rings (SSSR count). The zero-order valence-corrected chi connectivity index (χ0v) is 18.1. The Morgan fingerprint density at radius 3 is 2.55 bits per heavy atom. The van der Waals surface area contributed by atoms with E-state index in [0.717, 1.165) is 5.56 Å². The average molecular weight is 439 g/mol. The lowest BCUT2D eigenvalue weighted by atomic mass is 9.99. The molecule has 4 N–H and O–H groups in total. The maximum Gasteiger partial charge on any atom is 0.325 e. The quantitative estimate of drug-likeness (QED) is 0.482. The fourth-order valence-corrected chi connectivity index (χ4v) is 3.67. The Kier molecular flexibility index (Phi) is 6.66. The molecule has 0 bridgehead atoms. The number of benzene rings is 2. The number of primary amides is 1. The molecule has 3 amide bonds. The van der Waals surface area contributed by atoms with Crippen molar-refractivity contribution < 1.29 is 19.1 Å². The highest BCUT2D eigenvalue weighted by molar-refractivity contribution is 7.14. The fourth-order valence-electron chi connectivity index (χ4n) is 2.88. The van der Waals surface area contributed by atoms with Gasteiger partial charge in [0.1, 0.15) is 5.75 Å². The first-order valence-corrected chi connectivity index (χ1v) is 10.3. The Balaban J connectivity index is 1.82. The number of methoxy groups -OCH3 is 1. The predicted molar refractivity (Wildman–Crippen MR) is 120 cm³/mol. The van der Waals surface area contributed by atoms with E-state index in [0.29, 0.717) is 33.4 Å². The molecule has 0 aliphatic heterocycles. The fraction of sp³-hybridized carbons (Fsp3) is 0.182. The molecule has 9 heteroatoms. The monoisotopic (exact) mass is 438 g/mol. The summed E-state index contributed by atoms with van der Waals surface area (Å²) in [5.41, 5.74) is 7.72. The number of ether oxygens (including phenoxy) is 1. The molecule has 3 aromatic rings. The number of hydrogen-bond acceptors (Lipinski definition) is 6. The van der Waals surface area contributed by atoms with E-state index in [1.165, 1.54) is 18.4 Å². The van der Waals surface area contributed by atoms with Crippen LogP contribution in [0, 0.1) is 6.92 Å². The number of amides is 3. The van der Waals surface area contributed by atoms with Gasteiger partial charge in [-0.3, -0.25) is 14.9 Å². The van der Waals surface area contributed by atoms with Crippen LogP contribution in [0.25, 0.3) is 0 Å². The van der Waals surface area contributed by atoms with Gasteiger partial charge in [-0.2, -0.15) is 0 Å². The zero-order chi connectivity index (χ0) is 22.5. The molecule has 1 aromatic heterocycles. The first-order valence-electron chi connectivity index (χ1n) is 9.41. The number of carbonyl (C=O) groups excluding carboxylic acids is 3. The van der Waals surface area contributed by atoms with Crippen LogP contribution in [0.3, 0.4) is 0 Å². The summed E-state index contributed by atoms with van der Waals surface area (Å²) in [6.07, 6.45) is 0. The van der Waals surface area contributed by atoms with Gasteiger partial charge in [-0.05, 0) is 43.7 Å². The second-order valence-electron chi connectivity index (χ2n) is 6.86. The van der Waals surface area contributed by atoms with Gasteiger partial charge in [-0.15, -0.1) is 11.3 Å². The number of para-hydroxylation sites is 1. The maximum absolute atomic E-state index is 13.1. The van der Waals surface area contributed by atoms with Gasteiger partial charge in [0.05, 0.1) is 30.0 Å². The lowest BCUT2D eigenvalue weighted by Crippen LogP contribution is -2.22. The summed E-state index contributed by atoms with van der Waals surface area (Å²) in [6.45, 7) is 3.50. The summed E-state index contributed by atoms with van der Waals surface area (Å²) in [5.74, 6) is -0.890. The number of thiazole rings is 1. The number of hydrogen-bond donors (Lipinski definition) is 3.